The Morgan fingerprint density at radius 1 is 1.04 bits per heavy atom. The average Bonchev–Trinajstić information content (AvgIpc) is 2.62. The zero-order chi connectivity index (χ0) is 19.6. The number of fused-ring (bicyclic) bond motifs is 1. The molecule has 1 N–H and O–H groups in total. The maximum atomic E-state index is 13.1. The van der Waals surface area contributed by atoms with Gasteiger partial charge >= 0.3 is 6.09 Å². The number of pyridine rings is 1. The molecule has 0 spiro atoms. The first-order chi connectivity index (χ1) is 12.8. The Morgan fingerprint density at radius 2 is 1.70 bits per heavy atom. The van der Waals surface area contributed by atoms with Gasteiger partial charge in [-0.1, -0.05) is 30.3 Å². The Hall–Kier alpha value is -3.28. The molecule has 0 aliphatic rings. The van der Waals surface area contributed by atoms with Crippen molar-refractivity contribution >= 4 is 16.9 Å². The summed E-state index contributed by atoms with van der Waals surface area (Å²) in [7, 11) is 1.56. The summed E-state index contributed by atoms with van der Waals surface area (Å²) in [4.78, 5) is 25.4. The van der Waals surface area contributed by atoms with Gasteiger partial charge in [0.1, 0.15) is 11.4 Å². The topological polar surface area (TPSA) is 69.6 Å². The predicted octanol–water partition coefficient (Wildman–Crippen LogP) is 4.16. The molecule has 1 aromatic heterocycles. The van der Waals surface area contributed by atoms with E-state index in [4.69, 9.17) is 9.47 Å². The fraction of sp³-hybridized carbons (Fsp3) is 0.238. The highest BCUT2D eigenvalue weighted by Gasteiger charge is 2.20. The number of amides is 1. The van der Waals surface area contributed by atoms with Gasteiger partial charge in [-0.3, -0.25) is 4.79 Å². The van der Waals surface area contributed by atoms with Crippen molar-refractivity contribution in [3.8, 4) is 17.0 Å². The van der Waals surface area contributed by atoms with Crippen molar-refractivity contribution in [2.45, 2.75) is 26.4 Å². The van der Waals surface area contributed by atoms with Crippen molar-refractivity contribution < 1.29 is 14.3 Å². The van der Waals surface area contributed by atoms with Gasteiger partial charge in [0.25, 0.3) is 5.56 Å². The number of ether oxygens (including phenoxy) is 2. The van der Waals surface area contributed by atoms with Crippen LogP contribution in [-0.2, 0) is 4.74 Å². The minimum absolute atomic E-state index is 0.347. The van der Waals surface area contributed by atoms with Gasteiger partial charge < -0.3 is 9.47 Å². The molecule has 0 radical (unpaired) electrons. The molecule has 0 saturated carbocycles. The number of para-hydroxylation sites is 1. The van der Waals surface area contributed by atoms with Gasteiger partial charge in [-0.25, -0.2) is 14.9 Å². The summed E-state index contributed by atoms with van der Waals surface area (Å²) in [5.74, 6) is 0.590. The van der Waals surface area contributed by atoms with E-state index in [1.165, 1.54) is 4.68 Å². The second kappa shape index (κ2) is 7.15. The van der Waals surface area contributed by atoms with Crippen LogP contribution in [-0.4, -0.2) is 23.5 Å². The lowest BCUT2D eigenvalue weighted by molar-refractivity contribution is 0.0612. The van der Waals surface area contributed by atoms with Crippen LogP contribution < -0.4 is 15.7 Å². The van der Waals surface area contributed by atoms with Crippen molar-refractivity contribution in [2.75, 3.05) is 12.5 Å². The number of hydrogen-bond donors (Lipinski definition) is 1. The lowest BCUT2D eigenvalue weighted by Crippen LogP contribution is -2.37. The Balaban J connectivity index is 2.22. The fourth-order valence-corrected chi connectivity index (χ4v) is 2.82. The Bertz CT molecular complexity index is 1050. The minimum atomic E-state index is -0.712. The number of carbonyl (C=O) groups is 1. The summed E-state index contributed by atoms with van der Waals surface area (Å²) in [5.41, 5.74) is 2.71. The Labute approximate surface area is 157 Å². The third-order valence-electron chi connectivity index (χ3n) is 3.91. The van der Waals surface area contributed by atoms with E-state index in [2.05, 4.69) is 5.43 Å². The molecule has 27 heavy (non-hydrogen) atoms. The first-order valence-corrected chi connectivity index (χ1v) is 8.58. The minimum Gasteiger partial charge on any atom is -0.496 e. The molecule has 0 atom stereocenters. The first-order valence-electron chi connectivity index (χ1n) is 8.58. The van der Waals surface area contributed by atoms with E-state index in [1.807, 2.05) is 36.4 Å². The summed E-state index contributed by atoms with van der Waals surface area (Å²) in [6.07, 6.45) is -0.712. The maximum absolute atomic E-state index is 13.1. The average molecular weight is 366 g/mol. The number of rotatable bonds is 3. The Morgan fingerprint density at radius 3 is 2.41 bits per heavy atom. The van der Waals surface area contributed by atoms with E-state index < -0.39 is 11.7 Å². The highest BCUT2D eigenvalue weighted by molar-refractivity contribution is 5.88. The van der Waals surface area contributed by atoms with Crippen LogP contribution in [0.5, 0.6) is 5.75 Å². The van der Waals surface area contributed by atoms with Crippen LogP contribution in [0.3, 0.4) is 0 Å². The van der Waals surface area contributed by atoms with Crippen molar-refractivity contribution in [1.29, 1.82) is 0 Å². The summed E-state index contributed by atoms with van der Waals surface area (Å²) in [6, 6.07) is 16.4. The van der Waals surface area contributed by atoms with Gasteiger partial charge in [0.15, 0.2) is 0 Å². The predicted molar refractivity (Wildman–Crippen MR) is 106 cm³/mol. The van der Waals surface area contributed by atoms with Gasteiger partial charge in [0, 0.05) is 10.9 Å². The smallest absolute Gasteiger partial charge is 0.427 e. The van der Waals surface area contributed by atoms with E-state index in [0.29, 0.717) is 22.4 Å². The first kappa shape index (κ1) is 18.5. The molecule has 0 saturated heterocycles. The monoisotopic (exact) mass is 366 g/mol. The maximum Gasteiger partial charge on any atom is 0.427 e. The van der Waals surface area contributed by atoms with Crippen LogP contribution in [0.1, 0.15) is 20.8 Å². The molecule has 1 heterocycles. The van der Waals surface area contributed by atoms with Gasteiger partial charge in [0.2, 0.25) is 0 Å². The van der Waals surface area contributed by atoms with Crippen molar-refractivity contribution in [1.82, 2.24) is 4.68 Å². The highest BCUT2D eigenvalue weighted by Crippen LogP contribution is 2.30. The van der Waals surface area contributed by atoms with Crippen LogP contribution >= 0.6 is 0 Å². The molecule has 6 heteroatoms. The van der Waals surface area contributed by atoms with Crippen LogP contribution in [0.25, 0.3) is 22.0 Å². The van der Waals surface area contributed by atoms with E-state index in [9.17, 15) is 9.59 Å². The van der Waals surface area contributed by atoms with Gasteiger partial charge in [0.05, 0.1) is 12.8 Å². The van der Waals surface area contributed by atoms with Gasteiger partial charge in [-0.05, 0) is 50.4 Å². The normalized spacial score (nSPS) is 11.3. The largest absolute Gasteiger partial charge is 0.496 e. The van der Waals surface area contributed by atoms with E-state index >= 15 is 0 Å². The fourth-order valence-electron chi connectivity index (χ4n) is 2.82. The zero-order valence-corrected chi connectivity index (χ0v) is 15.8. The third kappa shape index (κ3) is 3.95. The van der Waals surface area contributed by atoms with Crippen LogP contribution in [0, 0.1) is 0 Å². The third-order valence-corrected chi connectivity index (χ3v) is 3.91. The van der Waals surface area contributed by atoms with E-state index in [0.717, 1.165) is 5.39 Å². The Kier molecular flexibility index (Phi) is 4.90. The highest BCUT2D eigenvalue weighted by atomic mass is 16.6. The van der Waals surface area contributed by atoms with Crippen molar-refractivity contribution in [2.24, 2.45) is 0 Å². The summed E-state index contributed by atoms with van der Waals surface area (Å²) >= 11 is 0. The number of aromatic nitrogens is 1. The number of carbonyl (C=O) groups excluding carboxylic acids is 1. The number of hydrogen-bond acceptors (Lipinski definition) is 4. The molecule has 1 amide bonds. The van der Waals surface area contributed by atoms with Crippen LogP contribution in [0.15, 0.2) is 59.4 Å². The summed E-state index contributed by atoms with van der Waals surface area (Å²) in [5, 5.41) is 1.26. The second-order valence-electron chi connectivity index (χ2n) is 7.07. The van der Waals surface area contributed by atoms with Crippen molar-refractivity contribution in [3.05, 3.63) is 65.0 Å². The SMILES string of the molecule is COc1ccccc1-c1cc2ccccc2c(=O)n1NC(=O)OC(C)(C)C. The molecule has 0 bridgehead atoms. The molecule has 0 aliphatic carbocycles. The molecule has 3 aromatic rings. The number of nitrogens with zero attached hydrogens (tertiary/aromatic N) is 1. The van der Waals surface area contributed by atoms with Crippen LogP contribution in [0.2, 0.25) is 0 Å². The lowest BCUT2D eigenvalue weighted by atomic mass is 10.1. The molecule has 6 nitrogen and oxygen atoms in total. The number of methoxy groups -OCH3 is 1. The van der Waals surface area contributed by atoms with E-state index in [-0.39, 0.29) is 5.56 Å². The van der Waals surface area contributed by atoms with Gasteiger partial charge in [-0.2, -0.15) is 0 Å². The molecular weight excluding hydrogens is 344 g/mol. The molecule has 140 valence electrons. The summed E-state index contributed by atoms with van der Waals surface area (Å²) in [6.45, 7) is 5.28. The van der Waals surface area contributed by atoms with Gasteiger partial charge in [-0.15, -0.1) is 0 Å². The van der Waals surface area contributed by atoms with Crippen LogP contribution in [0.4, 0.5) is 4.79 Å². The molecule has 3 rings (SSSR count). The zero-order valence-electron chi connectivity index (χ0n) is 15.8. The van der Waals surface area contributed by atoms with Crippen molar-refractivity contribution in [3.63, 3.8) is 0 Å². The summed E-state index contributed by atoms with van der Waals surface area (Å²) < 4.78 is 12.0. The van der Waals surface area contributed by atoms with E-state index in [1.54, 1.807) is 46.1 Å². The number of benzene rings is 2. The molecule has 0 unspecified atom stereocenters. The standard InChI is InChI=1S/C21H22N2O4/c1-21(2,3)27-20(25)22-23-17(16-11-7-8-12-18(16)26-4)13-14-9-5-6-10-15(14)19(23)24/h5-13H,1-4H3,(H,22,25). The second-order valence-corrected chi connectivity index (χ2v) is 7.07. The molecular formula is C21H22N2O4. The quantitative estimate of drug-likeness (QED) is 0.756. The lowest BCUT2D eigenvalue weighted by Gasteiger charge is -2.22. The molecule has 0 aliphatic heterocycles. The molecule has 2 aromatic carbocycles. The molecule has 0 fully saturated rings. The number of nitrogens with one attached hydrogen (secondary N) is 1.